The number of nitrogens with one attached hydrogen (secondary N) is 2. The molecule has 2 rings (SSSR count). The molecule has 1 amide bonds. The lowest BCUT2D eigenvalue weighted by molar-refractivity contribution is 0.0936. The number of carbonyl (C=O) groups excluding carboxylic acids is 1. The summed E-state index contributed by atoms with van der Waals surface area (Å²) in [6, 6.07) is 2.24. The first-order chi connectivity index (χ1) is 9.50. The Hall–Kier alpha value is -1.18. The van der Waals surface area contributed by atoms with Gasteiger partial charge in [0, 0.05) is 12.2 Å². The fourth-order valence-corrected chi connectivity index (χ4v) is 2.97. The Morgan fingerprint density at radius 2 is 2.35 bits per heavy atom. The van der Waals surface area contributed by atoms with Gasteiger partial charge in [0.25, 0.3) is 5.91 Å². The average molecular weight is 357 g/mol. The molecule has 2 N–H and O–H groups in total. The molecule has 0 saturated carbocycles. The third kappa shape index (κ3) is 3.28. The number of H-pyrrole nitrogens is 1. The number of amides is 1. The van der Waals surface area contributed by atoms with Crippen LogP contribution in [0.25, 0.3) is 0 Å². The molecule has 0 bridgehead atoms. The first-order valence-electron chi connectivity index (χ1n) is 6.18. The summed E-state index contributed by atoms with van der Waals surface area (Å²) < 4.78 is 0.715. The number of aromatic amines is 1. The van der Waals surface area contributed by atoms with Crippen molar-refractivity contribution < 1.29 is 4.79 Å². The first kappa shape index (κ1) is 15.2. The van der Waals surface area contributed by atoms with E-state index in [1.54, 1.807) is 11.3 Å². The molecular weight excluding hydrogens is 340 g/mol. The van der Waals surface area contributed by atoms with E-state index in [0.29, 0.717) is 16.7 Å². The minimum atomic E-state index is -0.177. The van der Waals surface area contributed by atoms with Crippen molar-refractivity contribution in [2.75, 3.05) is 20.6 Å². The standard InChI is InChI=1S/C13H17BrN4OS/c1-8-11(14)12(17-16-8)13(19)15-6-10(18(2)3)9-4-5-20-7-9/h4-5,7,10H,6H2,1-3H3,(H,15,19)(H,16,17). The van der Waals surface area contributed by atoms with Crippen molar-refractivity contribution in [1.29, 1.82) is 0 Å². The molecule has 0 aliphatic carbocycles. The number of thiophene rings is 1. The summed E-state index contributed by atoms with van der Waals surface area (Å²) in [4.78, 5) is 14.2. The Labute approximate surface area is 130 Å². The number of carbonyl (C=O) groups is 1. The van der Waals surface area contributed by atoms with Crippen LogP contribution >= 0.6 is 27.3 Å². The van der Waals surface area contributed by atoms with Crippen LogP contribution in [0.3, 0.4) is 0 Å². The number of hydrogen-bond donors (Lipinski definition) is 2. The zero-order valence-corrected chi connectivity index (χ0v) is 14.0. The minimum absolute atomic E-state index is 0.156. The second-order valence-electron chi connectivity index (χ2n) is 4.76. The van der Waals surface area contributed by atoms with Gasteiger partial charge >= 0.3 is 0 Å². The fourth-order valence-electron chi connectivity index (χ4n) is 1.90. The van der Waals surface area contributed by atoms with Crippen molar-refractivity contribution in [2.45, 2.75) is 13.0 Å². The highest BCUT2D eigenvalue weighted by atomic mass is 79.9. The van der Waals surface area contributed by atoms with E-state index in [-0.39, 0.29) is 11.9 Å². The van der Waals surface area contributed by atoms with E-state index in [0.717, 1.165) is 5.69 Å². The van der Waals surface area contributed by atoms with Crippen molar-refractivity contribution in [1.82, 2.24) is 20.4 Å². The molecule has 2 aromatic heterocycles. The summed E-state index contributed by atoms with van der Waals surface area (Å²) in [5, 5.41) is 13.9. The first-order valence-corrected chi connectivity index (χ1v) is 7.91. The van der Waals surface area contributed by atoms with Gasteiger partial charge in [-0.3, -0.25) is 9.89 Å². The van der Waals surface area contributed by atoms with E-state index < -0.39 is 0 Å². The van der Waals surface area contributed by atoms with Gasteiger partial charge in [-0.05, 0) is 59.3 Å². The Kier molecular flexibility index (Phi) is 4.95. The highest BCUT2D eigenvalue weighted by molar-refractivity contribution is 9.10. The van der Waals surface area contributed by atoms with Crippen molar-refractivity contribution >= 4 is 33.2 Å². The summed E-state index contributed by atoms with van der Waals surface area (Å²) in [5.41, 5.74) is 2.44. The third-order valence-corrected chi connectivity index (χ3v) is 4.77. The van der Waals surface area contributed by atoms with E-state index in [1.807, 2.05) is 26.4 Å². The molecule has 0 fully saturated rings. The second-order valence-corrected chi connectivity index (χ2v) is 6.33. The Bertz CT molecular complexity index is 579. The minimum Gasteiger partial charge on any atom is -0.349 e. The molecule has 1 unspecified atom stereocenters. The van der Waals surface area contributed by atoms with Crippen LogP contribution in [0.4, 0.5) is 0 Å². The van der Waals surface area contributed by atoms with Crippen LogP contribution in [0.2, 0.25) is 0 Å². The lowest BCUT2D eigenvalue weighted by Crippen LogP contribution is -2.34. The lowest BCUT2D eigenvalue weighted by atomic mass is 10.1. The Balaban J connectivity index is 2.03. The van der Waals surface area contributed by atoms with E-state index in [2.05, 4.69) is 47.8 Å². The summed E-state index contributed by atoms with van der Waals surface area (Å²) >= 11 is 5.02. The molecular formula is C13H17BrN4OS. The topological polar surface area (TPSA) is 61.0 Å². The maximum absolute atomic E-state index is 12.1. The van der Waals surface area contributed by atoms with Crippen LogP contribution in [-0.4, -0.2) is 41.6 Å². The monoisotopic (exact) mass is 356 g/mol. The number of aromatic nitrogens is 2. The van der Waals surface area contributed by atoms with Gasteiger partial charge in [-0.1, -0.05) is 0 Å². The van der Waals surface area contributed by atoms with Crippen LogP contribution in [0.15, 0.2) is 21.3 Å². The highest BCUT2D eigenvalue weighted by Crippen LogP contribution is 2.21. The van der Waals surface area contributed by atoms with Crippen LogP contribution in [0, 0.1) is 6.92 Å². The fraction of sp³-hybridized carbons (Fsp3) is 0.385. The summed E-state index contributed by atoms with van der Waals surface area (Å²) in [6.07, 6.45) is 0. The zero-order valence-electron chi connectivity index (χ0n) is 11.6. The van der Waals surface area contributed by atoms with Crippen LogP contribution in [-0.2, 0) is 0 Å². The number of hydrogen-bond acceptors (Lipinski definition) is 4. The smallest absolute Gasteiger partial charge is 0.273 e. The molecule has 0 spiro atoms. The van der Waals surface area contributed by atoms with E-state index >= 15 is 0 Å². The van der Waals surface area contributed by atoms with E-state index in [9.17, 15) is 4.79 Å². The summed E-state index contributed by atoms with van der Waals surface area (Å²) in [6.45, 7) is 2.41. The van der Waals surface area contributed by atoms with Gasteiger partial charge in [0.1, 0.15) is 0 Å². The molecule has 0 aromatic carbocycles. The lowest BCUT2D eigenvalue weighted by Gasteiger charge is -2.23. The SMILES string of the molecule is Cc1[nH]nc(C(=O)NCC(c2ccsc2)N(C)C)c1Br. The molecule has 5 nitrogen and oxygen atoms in total. The number of rotatable bonds is 5. The molecule has 20 heavy (non-hydrogen) atoms. The summed E-state index contributed by atoms with van der Waals surface area (Å²) in [5.74, 6) is -0.177. The van der Waals surface area contributed by atoms with Crippen molar-refractivity contribution in [2.24, 2.45) is 0 Å². The van der Waals surface area contributed by atoms with Gasteiger partial charge in [0.05, 0.1) is 10.5 Å². The van der Waals surface area contributed by atoms with Gasteiger partial charge in [-0.15, -0.1) is 0 Å². The van der Waals surface area contributed by atoms with Crippen LogP contribution < -0.4 is 5.32 Å². The van der Waals surface area contributed by atoms with Crippen molar-refractivity contribution in [3.05, 3.63) is 38.3 Å². The molecule has 108 valence electrons. The number of aryl methyl sites for hydroxylation is 1. The average Bonchev–Trinajstić information content (AvgIpc) is 3.01. The highest BCUT2D eigenvalue weighted by Gasteiger charge is 2.19. The molecule has 2 aromatic rings. The van der Waals surface area contributed by atoms with Gasteiger partial charge in [-0.2, -0.15) is 16.4 Å². The Morgan fingerprint density at radius 3 is 2.85 bits per heavy atom. The molecule has 0 aliphatic heterocycles. The number of halogens is 1. The third-order valence-electron chi connectivity index (χ3n) is 3.09. The van der Waals surface area contributed by atoms with Crippen LogP contribution in [0.1, 0.15) is 27.8 Å². The molecule has 2 heterocycles. The quantitative estimate of drug-likeness (QED) is 0.865. The van der Waals surface area contributed by atoms with Gasteiger partial charge in [0.15, 0.2) is 5.69 Å². The largest absolute Gasteiger partial charge is 0.349 e. The maximum atomic E-state index is 12.1. The maximum Gasteiger partial charge on any atom is 0.273 e. The number of nitrogens with zero attached hydrogens (tertiary/aromatic N) is 2. The molecule has 0 saturated heterocycles. The molecule has 1 atom stereocenters. The normalized spacial score (nSPS) is 12.7. The molecule has 0 radical (unpaired) electrons. The van der Waals surface area contributed by atoms with E-state index in [4.69, 9.17) is 0 Å². The van der Waals surface area contributed by atoms with Crippen LogP contribution in [0.5, 0.6) is 0 Å². The predicted molar refractivity (Wildman–Crippen MR) is 84.1 cm³/mol. The summed E-state index contributed by atoms with van der Waals surface area (Å²) in [7, 11) is 4.01. The van der Waals surface area contributed by atoms with Gasteiger partial charge < -0.3 is 10.2 Å². The van der Waals surface area contributed by atoms with Gasteiger partial charge in [0.2, 0.25) is 0 Å². The zero-order chi connectivity index (χ0) is 14.7. The van der Waals surface area contributed by atoms with Crippen molar-refractivity contribution in [3.8, 4) is 0 Å². The van der Waals surface area contributed by atoms with Crippen molar-refractivity contribution in [3.63, 3.8) is 0 Å². The van der Waals surface area contributed by atoms with Gasteiger partial charge in [-0.25, -0.2) is 0 Å². The Morgan fingerprint density at radius 1 is 1.60 bits per heavy atom. The molecule has 7 heteroatoms. The number of likely N-dealkylation sites (N-methyl/N-ethyl adjacent to an activating group) is 1. The van der Waals surface area contributed by atoms with E-state index in [1.165, 1.54) is 5.56 Å². The second kappa shape index (κ2) is 6.51. The molecule has 0 aliphatic rings. The predicted octanol–water partition coefficient (Wildman–Crippen LogP) is 2.57.